The molecule has 0 aliphatic rings. The van der Waals surface area contributed by atoms with Gasteiger partial charge in [0.1, 0.15) is 0 Å². The highest BCUT2D eigenvalue weighted by Gasteiger charge is 2.31. The van der Waals surface area contributed by atoms with Crippen molar-refractivity contribution in [3.05, 3.63) is 107 Å². The van der Waals surface area contributed by atoms with Crippen LogP contribution in [0.15, 0.2) is 84.9 Å². The molecule has 0 aromatic heterocycles. The maximum absolute atomic E-state index is 14.3. The van der Waals surface area contributed by atoms with Crippen molar-refractivity contribution >= 4 is 99.3 Å². The molecule has 8 rings (SSSR count). The quantitative estimate of drug-likeness (QED) is 0.0526. The third-order valence-corrected chi connectivity index (χ3v) is 10.4. The Morgan fingerprint density at radius 3 is 1.02 bits per heavy atom. The molecule has 0 radical (unpaired) electrons. The van der Waals surface area contributed by atoms with E-state index in [0.29, 0.717) is 47.2 Å². The third-order valence-electron chi connectivity index (χ3n) is 10.4. The first-order valence-corrected chi connectivity index (χ1v) is 19.5. The fraction of sp³-hybridized carbons (Fsp3) is 0.250. The Hall–Kier alpha value is -6.28. The highest BCUT2D eigenvalue weighted by Crippen LogP contribution is 2.47. The number of fused-ring (bicyclic) bond motifs is 8. The van der Waals surface area contributed by atoms with Crippen molar-refractivity contribution in [3.63, 3.8) is 0 Å². The summed E-state index contributed by atoms with van der Waals surface area (Å²) in [6.07, 6.45) is 2.45. The first-order valence-electron chi connectivity index (χ1n) is 19.5. The lowest BCUT2D eigenvalue weighted by Crippen LogP contribution is -2.17. The van der Waals surface area contributed by atoms with Crippen LogP contribution in [-0.4, -0.2) is 50.3 Å². The molecule has 0 fully saturated rings. The number of esters is 4. The van der Waals surface area contributed by atoms with E-state index in [0.717, 1.165) is 53.9 Å². The van der Waals surface area contributed by atoms with E-state index < -0.39 is 23.9 Å². The summed E-state index contributed by atoms with van der Waals surface area (Å²) in [6, 6.07) is 27.3. The lowest BCUT2D eigenvalue weighted by atomic mass is 9.82. The smallest absolute Gasteiger partial charge is 0.339 e. The van der Waals surface area contributed by atoms with Gasteiger partial charge in [0.2, 0.25) is 0 Å². The van der Waals surface area contributed by atoms with Gasteiger partial charge in [-0.15, -0.1) is 0 Å². The van der Waals surface area contributed by atoms with Crippen LogP contribution < -0.4 is 0 Å². The molecule has 8 aromatic carbocycles. The van der Waals surface area contributed by atoms with Gasteiger partial charge in [0.05, 0.1) is 48.7 Å². The molecule has 0 spiro atoms. The number of ether oxygens (including phenoxy) is 4. The van der Waals surface area contributed by atoms with Crippen LogP contribution in [0.25, 0.3) is 75.4 Å². The maximum atomic E-state index is 14.3. The summed E-state index contributed by atoms with van der Waals surface area (Å²) in [7, 11) is 0. The van der Waals surface area contributed by atoms with Crippen molar-refractivity contribution in [2.24, 2.45) is 0 Å². The second-order valence-corrected chi connectivity index (χ2v) is 14.2. The van der Waals surface area contributed by atoms with Crippen LogP contribution in [0.2, 0.25) is 0 Å². The van der Waals surface area contributed by atoms with Crippen molar-refractivity contribution in [1.29, 1.82) is 0 Å². The van der Waals surface area contributed by atoms with Crippen LogP contribution in [-0.2, 0) is 18.9 Å². The van der Waals surface area contributed by atoms with Gasteiger partial charge in [-0.2, -0.15) is 0 Å². The fourth-order valence-electron chi connectivity index (χ4n) is 8.21. The van der Waals surface area contributed by atoms with Crippen LogP contribution in [0.4, 0.5) is 0 Å². The summed E-state index contributed by atoms with van der Waals surface area (Å²) in [6.45, 7) is 8.45. The van der Waals surface area contributed by atoms with Crippen LogP contribution in [0.1, 0.15) is 94.8 Å². The summed E-state index contributed by atoms with van der Waals surface area (Å²) >= 11 is 0. The molecule has 0 unspecified atom stereocenters. The molecule has 0 bridgehead atoms. The minimum atomic E-state index is -0.603. The van der Waals surface area contributed by atoms with Crippen molar-refractivity contribution < 1.29 is 38.1 Å². The minimum Gasteiger partial charge on any atom is -0.462 e. The van der Waals surface area contributed by atoms with Gasteiger partial charge >= 0.3 is 23.9 Å². The van der Waals surface area contributed by atoms with E-state index in [1.54, 1.807) is 0 Å². The molecule has 0 aliphatic carbocycles. The third kappa shape index (κ3) is 5.83. The Morgan fingerprint density at radius 1 is 0.357 bits per heavy atom. The fourth-order valence-corrected chi connectivity index (χ4v) is 8.21. The number of hydrogen-bond donors (Lipinski definition) is 0. The molecule has 8 aromatic rings. The van der Waals surface area contributed by atoms with Gasteiger partial charge in [0, 0.05) is 10.8 Å². The molecule has 8 heteroatoms. The highest BCUT2D eigenvalue weighted by atomic mass is 16.5. The molecule has 0 saturated carbocycles. The number of hydrogen-bond acceptors (Lipinski definition) is 8. The monoisotopic (exact) mass is 746 g/mol. The summed E-state index contributed by atoms with van der Waals surface area (Å²) in [4.78, 5) is 56.6. The molecular formula is C48H42O8. The van der Waals surface area contributed by atoms with Crippen molar-refractivity contribution in [1.82, 2.24) is 0 Å². The van der Waals surface area contributed by atoms with Gasteiger partial charge in [0.25, 0.3) is 0 Å². The summed E-state index contributed by atoms with van der Waals surface area (Å²) in [5.74, 6) is -2.38. The van der Waals surface area contributed by atoms with Crippen LogP contribution in [0.3, 0.4) is 0 Å². The van der Waals surface area contributed by atoms with Crippen LogP contribution >= 0.6 is 0 Å². The van der Waals surface area contributed by atoms with E-state index in [1.165, 1.54) is 0 Å². The molecule has 8 nitrogen and oxygen atoms in total. The predicted octanol–water partition coefficient (Wildman–Crippen LogP) is 11.5. The average Bonchev–Trinajstić information content (AvgIpc) is 3.23. The standard InChI is InChI=1S/C48H42O8/c1-5-21-53-45(49)41-31-15-11-9-13-29(31)35-25-27-17-18-28-26-36-30-14-10-12-16-32(30)42(46(50)54-22-6-2)44(48(52)56-24-8-4)40(36)34-20-19-33(37(27)38(28)34)39(35)43(41)47(51)55-23-7-3/h9-20,25-26H,5-8,21-24H2,1-4H3. The van der Waals surface area contributed by atoms with E-state index in [9.17, 15) is 19.2 Å². The highest BCUT2D eigenvalue weighted by molar-refractivity contribution is 6.40. The number of carbonyl (C=O) groups is 4. The van der Waals surface area contributed by atoms with E-state index >= 15 is 0 Å². The van der Waals surface area contributed by atoms with E-state index in [2.05, 4.69) is 24.3 Å². The molecule has 0 N–H and O–H groups in total. The lowest BCUT2D eigenvalue weighted by molar-refractivity contribution is 0.0461. The first kappa shape index (κ1) is 36.7. The average molecular weight is 747 g/mol. The zero-order valence-electron chi connectivity index (χ0n) is 32.0. The van der Waals surface area contributed by atoms with E-state index in [1.807, 2.05) is 88.4 Å². The van der Waals surface area contributed by atoms with Crippen LogP contribution in [0, 0.1) is 0 Å². The second kappa shape index (κ2) is 15.1. The molecule has 0 amide bonds. The van der Waals surface area contributed by atoms with Gasteiger partial charge in [0.15, 0.2) is 0 Å². The SMILES string of the molecule is CCCOC(=O)c1c(C(=O)OCCC)c2c(cc3ccc4cc5c6ccccc6c(C(=O)OCCC)c(C(=O)OCCC)c5c5ccc2c3c45)c2ccccc12. The van der Waals surface area contributed by atoms with Gasteiger partial charge < -0.3 is 18.9 Å². The molecule has 56 heavy (non-hydrogen) atoms. The van der Waals surface area contributed by atoms with Gasteiger partial charge in [-0.1, -0.05) is 100 Å². The van der Waals surface area contributed by atoms with Crippen molar-refractivity contribution in [3.8, 4) is 0 Å². The Kier molecular flexibility index (Phi) is 9.89. The Morgan fingerprint density at radius 2 is 0.679 bits per heavy atom. The molecule has 0 atom stereocenters. The maximum Gasteiger partial charge on any atom is 0.339 e. The van der Waals surface area contributed by atoms with Gasteiger partial charge in [-0.3, -0.25) is 0 Å². The number of benzene rings is 8. The summed E-state index contributed by atoms with van der Waals surface area (Å²) in [5, 5.41) is 10.6. The molecule has 0 aliphatic heterocycles. The van der Waals surface area contributed by atoms with Gasteiger partial charge in [-0.25, -0.2) is 19.2 Å². The first-order chi connectivity index (χ1) is 27.3. The Balaban J connectivity index is 1.58. The largest absolute Gasteiger partial charge is 0.462 e. The van der Waals surface area contributed by atoms with E-state index in [4.69, 9.17) is 18.9 Å². The molecule has 0 heterocycles. The number of carbonyl (C=O) groups excluding carboxylic acids is 4. The van der Waals surface area contributed by atoms with Crippen molar-refractivity contribution in [2.75, 3.05) is 26.4 Å². The molecular weight excluding hydrogens is 705 g/mol. The second-order valence-electron chi connectivity index (χ2n) is 14.2. The van der Waals surface area contributed by atoms with Crippen molar-refractivity contribution in [2.45, 2.75) is 53.4 Å². The lowest BCUT2D eigenvalue weighted by Gasteiger charge is -2.22. The molecule has 0 saturated heterocycles. The predicted molar refractivity (Wildman–Crippen MR) is 222 cm³/mol. The molecule has 282 valence electrons. The number of rotatable bonds is 12. The minimum absolute atomic E-state index is 0.159. The Bertz CT molecular complexity index is 2690. The summed E-state index contributed by atoms with van der Waals surface area (Å²) < 4.78 is 23.1. The van der Waals surface area contributed by atoms with E-state index in [-0.39, 0.29) is 48.7 Å². The zero-order valence-corrected chi connectivity index (χ0v) is 32.0. The summed E-state index contributed by atoms with van der Waals surface area (Å²) in [5.41, 5.74) is 0.662. The van der Waals surface area contributed by atoms with Gasteiger partial charge in [-0.05, 0) is 102 Å². The van der Waals surface area contributed by atoms with Crippen LogP contribution in [0.5, 0.6) is 0 Å². The Labute approximate surface area is 323 Å². The zero-order chi connectivity index (χ0) is 39.1. The topological polar surface area (TPSA) is 105 Å². The normalized spacial score (nSPS) is 11.7.